The Balaban J connectivity index is 2.10. The Hall–Kier alpha value is -2.40. The smallest absolute Gasteiger partial charge is 0.338 e. The van der Waals surface area contributed by atoms with E-state index in [0.717, 1.165) is 22.4 Å². The van der Waals surface area contributed by atoms with Gasteiger partial charge in [0.15, 0.2) is 0 Å². The average molecular weight is 315 g/mol. The summed E-state index contributed by atoms with van der Waals surface area (Å²) >= 11 is 1.29. The van der Waals surface area contributed by atoms with E-state index in [-0.39, 0.29) is 11.5 Å². The lowest BCUT2D eigenvalue weighted by Gasteiger charge is -2.00. The maximum atomic E-state index is 11.9. The highest BCUT2D eigenvalue weighted by Crippen LogP contribution is 2.28. The fourth-order valence-electron chi connectivity index (χ4n) is 1.87. The molecule has 2 rings (SSSR count). The van der Waals surface area contributed by atoms with E-state index in [9.17, 15) is 9.59 Å². The Morgan fingerprint density at radius 1 is 1.27 bits per heavy atom. The van der Waals surface area contributed by atoms with Gasteiger partial charge in [0.25, 0.3) is 0 Å². The number of carboxylic acid groups (broad SMARTS) is 1. The van der Waals surface area contributed by atoms with E-state index in [2.05, 4.69) is 5.32 Å². The second kappa shape index (κ2) is 7.04. The summed E-state index contributed by atoms with van der Waals surface area (Å²) in [6.07, 6.45) is 3.84. The van der Waals surface area contributed by atoms with E-state index >= 15 is 0 Å². The van der Waals surface area contributed by atoms with Crippen LogP contribution in [0.2, 0.25) is 0 Å². The van der Waals surface area contributed by atoms with Crippen LogP contribution in [0.4, 0.5) is 5.00 Å². The van der Waals surface area contributed by atoms with Gasteiger partial charge in [0, 0.05) is 11.0 Å². The van der Waals surface area contributed by atoms with E-state index < -0.39 is 5.97 Å². The molecule has 0 aliphatic heterocycles. The minimum atomic E-state index is -1.03. The number of carbonyl (C=O) groups excluding carboxylic acids is 1. The first-order valence-corrected chi connectivity index (χ1v) is 7.73. The molecule has 0 aliphatic carbocycles. The third-order valence-electron chi connectivity index (χ3n) is 3.10. The highest BCUT2D eigenvalue weighted by molar-refractivity contribution is 7.16. The Labute approximate surface area is 133 Å². The Morgan fingerprint density at radius 2 is 1.95 bits per heavy atom. The summed E-state index contributed by atoms with van der Waals surface area (Å²) in [6, 6.07) is 9.37. The number of anilines is 1. The molecule has 0 aliphatic rings. The molecule has 1 amide bonds. The maximum Gasteiger partial charge on any atom is 0.338 e. The van der Waals surface area contributed by atoms with Gasteiger partial charge in [-0.1, -0.05) is 36.8 Å². The number of aromatic carboxylic acids is 1. The van der Waals surface area contributed by atoms with Gasteiger partial charge in [0.2, 0.25) is 5.91 Å². The molecule has 0 atom stereocenters. The van der Waals surface area contributed by atoms with Gasteiger partial charge >= 0.3 is 5.97 Å². The molecule has 0 bridgehead atoms. The number of nitrogens with one attached hydrogen (secondary N) is 1. The summed E-state index contributed by atoms with van der Waals surface area (Å²) in [4.78, 5) is 24.0. The van der Waals surface area contributed by atoms with Crippen molar-refractivity contribution in [2.75, 3.05) is 5.32 Å². The number of carbonyl (C=O) groups is 2. The predicted molar refractivity (Wildman–Crippen MR) is 89.5 cm³/mol. The molecule has 114 valence electrons. The van der Waals surface area contributed by atoms with E-state index in [1.807, 2.05) is 38.1 Å². The summed E-state index contributed by atoms with van der Waals surface area (Å²) in [5.74, 6) is -1.37. The lowest BCUT2D eigenvalue weighted by atomic mass is 10.1. The van der Waals surface area contributed by atoms with Crippen molar-refractivity contribution in [3.63, 3.8) is 0 Å². The highest BCUT2D eigenvalue weighted by Gasteiger charge is 2.15. The number of amides is 1. The zero-order valence-corrected chi connectivity index (χ0v) is 13.2. The quantitative estimate of drug-likeness (QED) is 0.820. The third kappa shape index (κ3) is 4.05. The standard InChI is InChI=1S/C17H17NO3S/c1-3-13-10-14(17(20)21)16(22-13)18-15(19)9-8-12-6-4-11(2)5-7-12/h4-10H,3H2,1-2H3,(H,18,19)(H,20,21)/b9-8+. The highest BCUT2D eigenvalue weighted by atomic mass is 32.1. The van der Waals surface area contributed by atoms with Crippen molar-refractivity contribution in [2.24, 2.45) is 0 Å². The van der Waals surface area contributed by atoms with E-state index in [1.54, 1.807) is 12.1 Å². The molecule has 4 nitrogen and oxygen atoms in total. The van der Waals surface area contributed by atoms with Crippen molar-refractivity contribution in [1.29, 1.82) is 0 Å². The average Bonchev–Trinajstić information content (AvgIpc) is 2.90. The monoisotopic (exact) mass is 315 g/mol. The third-order valence-corrected chi connectivity index (χ3v) is 4.30. The van der Waals surface area contributed by atoms with Crippen molar-refractivity contribution in [1.82, 2.24) is 0 Å². The topological polar surface area (TPSA) is 66.4 Å². The molecule has 0 radical (unpaired) electrons. The minimum absolute atomic E-state index is 0.138. The van der Waals surface area contributed by atoms with Gasteiger partial charge < -0.3 is 10.4 Å². The van der Waals surface area contributed by atoms with E-state index in [4.69, 9.17) is 5.11 Å². The minimum Gasteiger partial charge on any atom is -0.478 e. The van der Waals surface area contributed by atoms with Crippen molar-refractivity contribution in [3.8, 4) is 0 Å². The van der Waals surface area contributed by atoms with Crippen LogP contribution in [0.15, 0.2) is 36.4 Å². The van der Waals surface area contributed by atoms with Gasteiger partial charge in [0.1, 0.15) is 5.00 Å². The van der Waals surface area contributed by atoms with Crippen molar-refractivity contribution in [3.05, 3.63) is 58.0 Å². The fourth-order valence-corrected chi connectivity index (χ4v) is 2.86. The summed E-state index contributed by atoms with van der Waals surface area (Å²) in [6.45, 7) is 3.94. The normalized spacial score (nSPS) is 10.8. The van der Waals surface area contributed by atoms with Crippen molar-refractivity contribution >= 4 is 34.3 Å². The fraction of sp³-hybridized carbons (Fsp3) is 0.176. The zero-order chi connectivity index (χ0) is 16.1. The number of hydrogen-bond acceptors (Lipinski definition) is 3. The summed E-state index contributed by atoms with van der Waals surface area (Å²) < 4.78 is 0. The molecule has 1 aromatic carbocycles. The molecule has 5 heteroatoms. The van der Waals surface area contributed by atoms with Crippen LogP contribution in [0.25, 0.3) is 6.08 Å². The van der Waals surface area contributed by atoms with Crippen LogP contribution in [0, 0.1) is 6.92 Å². The van der Waals surface area contributed by atoms with E-state index in [0.29, 0.717) is 5.00 Å². The van der Waals surface area contributed by atoms with Gasteiger partial charge in [-0.15, -0.1) is 11.3 Å². The number of thiophene rings is 1. The van der Waals surface area contributed by atoms with Gasteiger partial charge in [-0.25, -0.2) is 4.79 Å². The second-order valence-corrected chi connectivity index (χ2v) is 5.98. The molecule has 1 heterocycles. The molecule has 0 saturated carbocycles. The Kier molecular flexibility index (Phi) is 5.12. The number of hydrogen-bond donors (Lipinski definition) is 2. The second-order valence-electron chi connectivity index (χ2n) is 4.85. The SMILES string of the molecule is CCc1cc(C(=O)O)c(NC(=O)/C=C/c2ccc(C)cc2)s1. The molecule has 1 aromatic heterocycles. The molecule has 0 spiro atoms. The van der Waals surface area contributed by atoms with Crippen LogP contribution in [0.3, 0.4) is 0 Å². The van der Waals surface area contributed by atoms with Crippen LogP contribution >= 0.6 is 11.3 Å². The first-order valence-electron chi connectivity index (χ1n) is 6.91. The molecule has 0 unspecified atom stereocenters. The zero-order valence-electron chi connectivity index (χ0n) is 12.4. The van der Waals surface area contributed by atoms with Crippen LogP contribution in [-0.4, -0.2) is 17.0 Å². The van der Waals surface area contributed by atoms with Crippen LogP contribution in [0.1, 0.15) is 33.3 Å². The number of aryl methyl sites for hydroxylation is 2. The maximum absolute atomic E-state index is 11.9. The first-order chi connectivity index (χ1) is 10.5. The summed E-state index contributed by atoms with van der Waals surface area (Å²) in [7, 11) is 0. The van der Waals surface area contributed by atoms with E-state index in [1.165, 1.54) is 17.4 Å². The van der Waals surface area contributed by atoms with Crippen LogP contribution < -0.4 is 5.32 Å². The number of rotatable bonds is 5. The number of benzene rings is 1. The van der Waals surface area contributed by atoms with Crippen LogP contribution in [-0.2, 0) is 11.2 Å². The van der Waals surface area contributed by atoms with Gasteiger partial charge in [-0.2, -0.15) is 0 Å². The van der Waals surface area contributed by atoms with Gasteiger partial charge in [-0.3, -0.25) is 4.79 Å². The first kappa shape index (κ1) is 16.0. The summed E-state index contributed by atoms with van der Waals surface area (Å²) in [5.41, 5.74) is 2.21. The lowest BCUT2D eigenvalue weighted by Crippen LogP contribution is -2.09. The molecular formula is C17H17NO3S. The molecule has 0 saturated heterocycles. The van der Waals surface area contributed by atoms with Gasteiger partial charge in [0.05, 0.1) is 5.56 Å². The largest absolute Gasteiger partial charge is 0.478 e. The molecular weight excluding hydrogens is 298 g/mol. The molecule has 22 heavy (non-hydrogen) atoms. The summed E-state index contributed by atoms with van der Waals surface area (Å²) in [5, 5.41) is 12.2. The van der Waals surface area contributed by atoms with Crippen LogP contribution in [0.5, 0.6) is 0 Å². The molecule has 2 aromatic rings. The molecule has 0 fully saturated rings. The predicted octanol–water partition coefficient (Wildman–Crippen LogP) is 3.97. The van der Waals surface area contributed by atoms with Crippen molar-refractivity contribution in [2.45, 2.75) is 20.3 Å². The van der Waals surface area contributed by atoms with Crippen molar-refractivity contribution < 1.29 is 14.7 Å². The Morgan fingerprint density at radius 3 is 2.55 bits per heavy atom. The number of carboxylic acids is 1. The molecule has 2 N–H and O–H groups in total. The Bertz CT molecular complexity index is 714. The van der Waals surface area contributed by atoms with Gasteiger partial charge in [-0.05, 0) is 31.1 Å². The lowest BCUT2D eigenvalue weighted by molar-refractivity contribution is -0.111.